The van der Waals surface area contributed by atoms with Gasteiger partial charge in [-0.05, 0) is 69.7 Å². The van der Waals surface area contributed by atoms with Gasteiger partial charge in [-0.1, -0.05) is 25.7 Å². The molecule has 2 aliphatic heterocycles. The zero-order valence-corrected chi connectivity index (χ0v) is 25.1. The van der Waals surface area contributed by atoms with Crippen LogP contribution in [0.25, 0.3) is 5.52 Å². The maximum Gasteiger partial charge on any atom is 0.418 e. The molecule has 0 aromatic carbocycles. The van der Waals surface area contributed by atoms with Gasteiger partial charge in [-0.2, -0.15) is 13.2 Å². The lowest BCUT2D eigenvalue weighted by Gasteiger charge is -2.46. The second-order valence-electron chi connectivity index (χ2n) is 12.8. The van der Waals surface area contributed by atoms with Crippen molar-refractivity contribution < 1.29 is 13.2 Å². The monoisotopic (exact) mass is 595 g/mol. The fourth-order valence-corrected chi connectivity index (χ4v) is 8.70. The first kappa shape index (κ1) is 29.5. The van der Waals surface area contributed by atoms with Gasteiger partial charge in [0.1, 0.15) is 0 Å². The van der Waals surface area contributed by atoms with E-state index in [2.05, 4.69) is 33.0 Å². The van der Waals surface area contributed by atoms with Crippen molar-refractivity contribution in [3.05, 3.63) is 40.1 Å². The summed E-state index contributed by atoms with van der Waals surface area (Å²) < 4.78 is 46.1. The number of halogens is 3. The van der Waals surface area contributed by atoms with E-state index in [1.165, 1.54) is 35.9 Å². The zero-order valence-electron chi connectivity index (χ0n) is 24.3. The third-order valence-electron chi connectivity index (χ3n) is 10.3. The Morgan fingerprint density at radius 1 is 1.15 bits per heavy atom. The summed E-state index contributed by atoms with van der Waals surface area (Å²) in [7, 11) is 4.08. The van der Waals surface area contributed by atoms with Gasteiger partial charge < -0.3 is 5.32 Å². The highest BCUT2D eigenvalue weighted by molar-refractivity contribution is 8.00. The van der Waals surface area contributed by atoms with Crippen LogP contribution in [0.5, 0.6) is 0 Å². The minimum Gasteiger partial charge on any atom is -0.307 e. The van der Waals surface area contributed by atoms with E-state index in [1.807, 2.05) is 25.7 Å². The molecule has 4 fully saturated rings. The molecule has 8 nitrogen and oxygen atoms in total. The standard InChI is InChI=1S/C29H44F3N7OS/c1-18(36(2)14-23-12-33-17-41-23)21-11-24(29(30,31)32)25-15-38(28(40)39(25)13-21)22-9-5-8-20(10-22)26(19-6-4-7-19)27-35-34-16-37(27)3/h11,13,15,18-20,22-23,26-27,33-35H,4-10,12,14,16-17H2,1-3H3/t18-,20?,22?,23?,26+,27?/m0/s1. The van der Waals surface area contributed by atoms with E-state index in [0.29, 0.717) is 28.6 Å². The number of imidazole rings is 1. The molecule has 4 aliphatic rings. The van der Waals surface area contributed by atoms with Crippen LogP contribution in [0.2, 0.25) is 0 Å². The van der Waals surface area contributed by atoms with Crippen molar-refractivity contribution in [2.24, 2.45) is 17.8 Å². The van der Waals surface area contributed by atoms with E-state index in [4.69, 9.17) is 0 Å². The van der Waals surface area contributed by atoms with Gasteiger partial charge in [-0.25, -0.2) is 15.6 Å². The van der Waals surface area contributed by atoms with Crippen LogP contribution in [0, 0.1) is 17.8 Å². The maximum atomic E-state index is 14.4. The number of nitrogens with one attached hydrogen (secondary N) is 3. The largest absolute Gasteiger partial charge is 0.418 e. The van der Waals surface area contributed by atoms with Gasteiger partial charge in [-0.15, -0.1) is 11.8 Å². The van der Waals surface area contributed by atoms with Crippen molar-refractivity contribution in [3.63, 3.8) is 0 Å². The molecule has 2 aromatic heterocycles. The number of nitrogens with zero attached hydrogens (tertiary/aromatic N) is 4. The summed E-state index contributed by atoms with van der Waals surface area (Å²) in [5.41, 5.74) is 6.14. The molecule has 6 rings (SSSR count). The smallest absolute Gasteiger partial charge is 0.307 e. The Hall–Kier alpha value is -1.57. The first-order valence-electron chi connectivity index (χ1n) is 15.2. The minimum atomic E-state index is -4.56. The summed E-state index contributed by atoms with van der Waals surface area (Å²) >= 11 is 1.83. The van der Waals surface area contributed by atoms with Gasteiger partial charge in [0.25, 0.3) is 0 Å². The fourth-order valence-electron chi connectivity index (χ4n) is 7.65. The summed E-state index contributed by atoms with van der Waals surface area (Å²) in [6.07, 6.45) is 6.26. The minimum absolute atomic E-state index is 0.0456. The maximum absolute atomic E-state index is 14.4. The van der Waals surface area contributed by atoms with Gasteiger partial charge in [0.15, 0.2) is 0 Å². The number of pyridine rings is 1. The van der Waals surface area contributed by atoms with Gasteiger partial charge in [0, 0.05) is 48.7 Å². The SMILES string of the molecule is C[C@@H](c1cc(C(F)(F)F)c2cn(C3CCCC([C@@H](C4CCC4)C4NNCN4C)C3)c(=O)n2c1)N(C)CC1CNCS1. The molecule has 4 unspecified atom stereocenters. The van der Waals surface area contributed by atoms with Crippen LogP contribution >= 0.6 is 11.8 Å². The van der Waals surface area contributed by atoms with Crippen molar-refractivity contribution >= 4 is 17.3 Å². The van der Waals surface area contributed by atoms with Crippen LogP contribution in [0.1, 0.15) is 75.1 Å². The van der Waals surface area contributed by atoms with Crippen molar-refractivity contribution in [2.75, 3.05) is 39.7 Å². The molecule has 0 radical (unpaired) electrons. The van der Waals surface area contributed by atoms with E-state index < -0.39 is 11.7 Å². The van der Waals surface area contributed by atoms with Crippen LogP contribution < -0.4 is 21.9 Å². The quantitative estimate of drug-likeness (QED) is 0.422. The van der Waals surface area contributed by atoms with Crippen LogP contribution in [-0.4, -0.2) is 69.9 Å². The first-order valence-corrected chi connectivity index (χ1v) is 16.2. The topological polar surface area (TPSA) is 69.0 Å². The van der Waals surface area contributed by atoms with Crippen LogP contribution in [0.4, 0.5) is 13.2 Å². The van der Waals surface area contributed by atoms with Crippen LogP contribution in [0.3, 0.4) is 0 Å². The number of rotatable bonds is 8. The Balaban J connectivity index is 1.30. The lowest BCUT2D eigenvalue weighted by Crippen LogP contribution is -2.50. The molecule has 0 spiro atoms. The van der Waals surface area contributed by atoms with Gasteiger partial charge in [0.05, 0.1) is 23.9 Å². The molecule has 0 amide bonds. The highest BCUT2D eigenvalue weighted by Crippen LogP contribution is 2.47. The third-order valence-corrected chi connectivity index (χ3v) is 11.4. The van der Waals surface area contributed by atoms with Crippen molar-refractivity contribution in [1.82, 2.24) is 34.9 Å². The Bertz CT molecular complexity index is 1270. The Morgan fingerprint density at radius 3 is 2.54 bits per heavy atom. The number of thioether (sulfide) groups is 1. The molecular weight excluding hydrogens is 551 g/mol. The highest BCUT2D eigenvalue weighted by Gasteiger charge is 2.44. The number of hydrogen-bond acceptors (Lipinski definition) is 7. The molecule has 12 heteroatoms. The van der Waals surface area contributed by atoms with E-state index in [-0.39, 0.29) is 29.5 Å². The summed E-state index contributed by atoms with van der Waals surface area (Å²) in [6, 6.07) is 0.897. The normalized spacial score (nSPS) is 29.8. The number of hydrazine groups is 1. The van der Waals surface area contributed by atoms with E-state index >= 15 is 0 Å². The first-order chi connectivity index (χ1) is 19.6. The predicted octanol–water partition coefficient (Wildman–Crippen LogP) is 4.25. The molecule has 41 heavy (non-hydrogen) atoms. The van der Waals surface area contributed by atoms with Crippen molar-refractivity contribution in [2.45, 2.75) is 81.5 Å². The molecule has 2 aliphatic carbocycles. The lowest BCUT2D eigenvalue weighted by molar-refractivity contribution is -0.136. The fraction of sp³-hybridized carbons (Fsp3) is 0.759. The number of aromatic nitrogens is 2. The number of fused-ring (bicyclic) bond motifs is 1. The number of alkyl halides is 3. The van der Waals surface area contributed by atoms with Gasteiger partial charge in [0.2, 0.25) is 0 Å². The van der Waals surface area contributed by atoms with Gasteiger partial charge >= 0.3 is 11.9 Å². The summed E-state index contributed by atoms with van der Waals surface area (Å²) in [5, 5.41) is 3.72. The third kappa shape index (κ3) is 5.84. The second kappa shape index (κ2) is 11.8. The summed E-state index contributed by atoms with van der Waals surface area (Å²) in [6.45, 7) is 4.37. The predicted molar refractivity (Wildman–Crippen MR) is 156 cm³/mol. The van der Waals surface area contributed by atoms with E-state index in [9.17, 15) is 18.0 Å². The molecule has 0 bridgehead atoms. The van der Waals surface area contributed by atoms with Crippen LogP contribution in [-0.2, 0) is 6.18 Å². The van der Waals surface area contributed by atoms with Gasteiger partial charge in [-0.3, -0.25) is 18.8 Å². The molecule has 6 atom stereocenters. The zero-order chi connectivity index (χ0) is 28.9. The molecular formula is C29H44F3N7OS. The highest BCUT2D eigenvalue weighted by atomic mass is 32.2. The molecule has 228 valence electrons. The second-order valence-corrected chi connectivity index (χ2v) is 14.1. The molecule has 3 N–H and O–H groups in total. The lowest BCUT2D eigenvalue weighted by atomic mass is 9.65. The number of hydrogen-bond donors (Lipinski definition) is 3. The van der Waals surface area contributed by atoms with E-state index in [0.717, 1.165) is 51.3 Å². The summed E-state index contributed by atoms with van der Waals surface area (Å²) in [4.78, 5) is 18.2. The Morgan fingerprint density at radius 2 is 1.90 bits per heavy atom. The van der Waals surface area contributed by atoms with Crippen molar-refractivity contribution in [3.8, 4) is 0 Å². The average molecular weight is 596 g/mol. The van der Waals surface area contributed by atoms with Crippen LogP contribution in [0.15, 0.2) is 23.3 Å². The molecule has 4 heterocycles. The molecule has 2 aromatic rings. The summed E-state index contributed by atoms with van der Waals surface area (Å²) in [5.74, 6) is 2.43. The van der Waals surface area contributed by atoms with Crippen molar-refractivity contribution in [1.29, 1.82) is 0 Å². The molecule has 2 saturated heterocycles. The molecule has 2 saturated carbocycles. The Labute approximate surface area is 244 Å². The Kier molecular flexibility index (Phi) is 8.52. The average Bonchev–Trinajstić information content (AvgIpc) is 3.66. The van der Waals surface area contributed by atoms with E-state index in [1.54, 1.807) is 10.8 Å².